The smallest absolute Gasteiger partial charge is 0.247 e. The molecule has 0 saturated carbocycles. The summed E-state index contributed by atoms with van der Waals surface area (Å²) in [6.45, 7) is 0.711. The third-order valence-electron chi connectivity index (χ3n) is 4.33. The topological polar surface area (TPSA) is 29.5 Å². The number of nitrogens with zero attached hydrogens (tertiary/aromatic N) is 1. The van der Waals surface area contributed by atoms with Crippen molar-refractivity contribution < 1.29 is 13.9 Å². The molecule has 1 saturated heterocycles. The Labute approximate surface area is 141 Å². The Bertz CT molecular complexity index is 757. The lowest BCUT2D eigenvalue weighted by atomic mass is 10.0. The number of methoxy groups -OCH3 is 1. The fourth-order valence-electron chi connectivity index (χ4n) is 3.09. The molecule has 3 nitrogen and oxygen atoms in total. The highest BCUT2D eigenvalue weighted by Crippen LogP contribution is 2.33. The largest absolute Gasteiger partial charge is 0.497 e. The van der Waals surface area contributed by atoms with Gasteiger partial charge in [0.25, 0.3) is 0 Å². The Kier molecular flexibility index (Phi) is 4.94. The molecule has 0 radical (unpaired) electrons. The van der Waals surface area contributed by atoms with E-state index in [-0.39, 0.29) is 17.8 Å². The molecule has 0 bridgehead atoms. The Morgan fingerprint density at radius 2 is 2.08 bits per heavy atom. The lowest BCUT2D eigenvalue weighted by Crippen LogP contribution is -2.28. The molecule has 2 aromatic carbocycles. The van der Waals surface area contributed by atoms with E-state index in [1.165, 1.54) is 12.1 Å². The van der Waals surface area contributed by atoms with E-state index in [0.29, 0.717) is 12.1 Å². The normalized spacial score (nSPS) is 17.4. The molecule has 24 heavy (non-hydrogen) atoms. The monoisotopic (exact) mass is 325 g/mol. The maximum Gasteiger partial charge on any atom is 0.247 e. The number of halogens is 1. The second-order valence-corrected chi connectivity index (χ2v) is 5.82. The highest BCUT2D eigenvalue weighted by Gasteiger charge is 2.28. The summed E-state index contributed by atoms with van der Waals surface area (Å²) >= 11 is 0. The van der Waals surface area contributed by atoms with Gasteiger partial charge in [-0.3, -0.25) is 4.79 Å². The number of rotatable bonds is 4. The lowest BCUT2D eigenvalue weighted by Gasteiger charge is -2.24. The fraction of sp³-hybridized carbons (Fsp3) is 0.250. The SMILES string of the molecule is COc1cccc(C2CCCN2C(=O)/C=C/c2ccccc2F)c1. The Morgan fingerprint density at radius 1 is 1.25 bits per heavy atom. The van der Waals surface area contributed by atoms with Crippen molar-refractivity contribution in [2.24, 2.45) is 0 Å². The summed E-state index contributed by atoms with van der Waals surface area (Å²) in [4.78, 5) is 14.4. The van der Waals surface area contributed by atoms with Gasteiger partial charge in [-0.1, -0.05) is 30.3 Å². The third-order valence-corrected chi connectivity index (χ3v) is 4.33. The first-order valence-corrected chi connectivity index (χ1v) is 8.06. The van der Waals surface area contributed by atoms with Crippen molar-refractivity contribution >= 4 is 12.0 Å². The maximum atomic E-state index is 13.7. The first kappa shape index (κ1) is 16.2. The number of carbonyl (C=O) groups is 1. The molecule has 1 atom stereocenters. The molecule has 0 aliphatic carbocycles. The summed E-state index contributed by atoms with van der Waals surface area (Å²) in [5, 5.41) is 0. The first-order valence-electron chi connectivity index (χ1n) is 8.06. The van der Waals surface area contributed by atoms with Crippen LogP contribution in [0.4, 0.5) is 4.39 Å². The molecule has 0 N–H and O–H groups in total. The highest BCUT2D eigenvalue weighted by atomic mass is 19.1. The van der Waals surface area contributed by atoms with Crippen LogP contribution < -0.4 is 4.74 Å². The molecule has 1 aliphatic rings. The number of carbonyl (C=O) groups excluding carboxylic acids is 1. The van der Waals surface area contributed by atoms with E-state index < -0.39 is 0 Å². The molecule has 3 rings (SSSR count). The first-order chi connectivity index (χ1) is 11.7. The van der Waals surface area contributed by atoms with Gasteiger partial charge in [-0.2, -0.15) is 0 Å². The standard InChI is InChI=1S/C20H20FNO2/c1-24-17-8-4-7-16(14-17)19-10-5-13-22(19)20(23)12-11-15-6-2-3-9-18(15)21/h2-4,6-9,11-12,14,19H,5,10,13H2,1H3/b12-11+. The van der Waals surface area contributed by atoms with E-state index in [1.807, 2.05) is 29.2 Å². The number of ether oxygens (including phenoxy) is 1. The second kappa shape index (κ2) is 7.30. The minimum atomic E-state index is -0.327. The van der Waals surface area contributed by atoms with Crippen molar-refractivity contribution in [2.45, 2.75) is 18.9 Å². The van der Waals surface area contributed by atoms with Gasteiger partial charge in [0.15, 0.2) is 0 Å². The van der Waals surface area contributed by atoms with Gasteiger partial charge in [-0.05, 0) is 42.7 Å². The zero-order chi connectivity index (χ0) is 16.9. The van der Waals surface area contributed by atoms with Crippen LogP contribution >= 0.6 is 0 Å². The molecule has 1 aliphatic heterocycles. The Hall–Kier alpha value is -2.62. The van der Waals surface area contributed by atoms with Gasteiger partial charge in [-0.25, -0.2) is 4.39 Å². The molecule has 1 heterocycles. The fourth-order valence-corrected chi connectivity index (χ4v) is 3.09. The molecule has 1 unspecified atom stereocenters. The van der Waals surface area contributed by atoms with Crippen molar-refractivity contribution in [1.29, 1.82) is 0 Å². The summed E-state index contributed by atoms with van der Waals surface area (Å²) < 4.78 is 18.9. The predicted molar refractivity (Wildman–Crippen MR) is 92.1 cm³/mol. The van der Waals surface area contributed by atoms with Crippen LogP contribution in [-0.4, -0.2) is 24.5 Å². The van der Waals surface area contributed by atoms with E-state index >= 15 is 0 Å². The van der Waals surface area contributed by atoms with Gasteiger partial charge in [0, 0.05) is 18.2 Å². The van der Waals surface area contributed by atoms with Gasteiger partial charge in [-0.15, -0.1) is 0 Å². The van der Waals surface area contributed by atoms with Crippen LogP contribution in [0.1, 0.15) is 30.0 Å². The van der Waals surface area contributed by atoms with Crippen LogP contribution in [0, 0.1) is 5.82 Å². The van der Waals surface area contributed by atoms with Crippen LogP contribution in [0.3, 0.4) is 0 Å². The molecular weight excluding hydrogens is 305 g/mol. The number of hydrogen-bond donors (Lipinski definition) is 0. The number of likely N-dealkylation sites (tertiary alicyclic amines) is 1. The van der Waals surface area contributed by atoms with E-state index in [9.17, 15) is 9.18 Å². The minimum Gasteiger partial charge on any atom is -0.497 e. The molecular formula is C20H20FNO2. The van der Waals surface area contributed by atoms with Crippen LogP contribution in [-0.2, 0) is 4.79 Å². The summed E-state index contributed by atoms with van der Waals surface area (Å²) in [6, 6.07) is 14.3. The second-order valence-electron chi connectivity index (χ2n) is 5.82. The van der Waals surface area contributed by atoms with Crippen LogP contribution in [0.5, 0.6) is 5.75 Å². The highest BCUT2D eigenvalue weighted by molar-refractivity contribution is 5.92. The summed E-state index contributed by atoms with van der Waals surface area (Å²) in [5.74, 6) is 0.365. The summed E-state index contributed by atoms with van der Waals surface area (Å²) in [5.41, 5.74) is 1.49. The van der Waals surface area contributed by atoms with Crippen molar-refractivity contribution in [2.75, 3.05) is 13.7 Å². The van der Waals surface area contributed by atoms with Crippen molar-refractivity contribution in [3.05, 3.63) is 71.6 Å². The molecule has 4 heteroatoms. The average Bonchev–Trinajstić information content (AvgIpc) is 3.11. The zero-order valence-corrected chi connectivity index (χ0v) is 13.6. The number of amides is 1. The van der Waals surface area contributed by atoms with Crippen LogP contribution in [0.15, 0.2) is 54.6 Å². The number of benzene rings is 2. The zero-order valence-electron chi connectivity index (χ0n) is 13.6. The molecule has 1 fully saturated rings. The molecule has 124 valence electrons. The minimum absolute atomic E-state index is 0.0397. The van der Waals surface area contributed by atoms with Crippen molar-refractivity contribution in [3.8, 4) is 5.75 Å². The third kappa shape index (κ3) is 3.48. The van der Waals surface area contributed by atoms with E-state index in [0.717, 1.165) is 24.2 Å². The Balaban J connectivity index is 1.77. The van der Waals surface area contributed by atoms with Crippen molar-refractivity contribution in [3.63, 3.8) is 0 Å². The van der Waals surface area contributed by atoms with E-state index in [4.69, 9.17) is 4.74 Å². The molecule has 0 aromatic heterocycles. The van der Waals surface area contributed by atoms with Gasteiger partial charge in [0.1, 0.15) is 11.6 Å². The van der Waals surface area contributed by atoms with Gasteiger partial charge < -0.3 is 9.64 Å². The summed E-state index contributed by atoms with van der Waals surface area (Å²) in [6.07, 6.45) is 4.88. The van der Waals surface area contributed by atoms with Crippen LogP contribution in [0.2, 0.25) is 0 Å². The van der Waals surface area contributed by atoms with Gasteiger partial charge >= 0.3 is 0 Å². The van der Waals surface area contributed by atoms with Gasteiger partial charge in [0.05, 0.1) is 13.2 Å². The molecule has 2 aromatic rings. The van der Waals surface area contributed by atoms with E-state index in [2.05, 4.69) is 0 Å². The average molecular weight is 325 g/mol. The number of hydrogen-bond acceptors (Lipinski definition) is 2. The van der Waals surface area contributed by atoms with Gasteiger partial charge in [0.2, 0.25) is 5.91 Å². The summed E-state index contributed by atoms with van der Waals surface area (Å²) in [7, 11) is 1.63. The lowest BCUT2D eigenvalue weighted by molar-refractivity contribution is -0.126. The van der Waals surface area contributed by atoms with Crippen LogP contribution in [0.25, 0.3) is 6.08 Å². The molecule has 0 spiro atoms. The Morgan fingerprint density at radius 3 is 2.88 bits per heavy atom. The van der Waals surface area contributed by atoms with Crippen molar-refractivity contribution in [1.82, 2.24) is 4.90 Å². The predicted octanol–water partition coefficient (Wildman–Crippen LogP) is 4.21. The quantitative estimate of drug-likeness (QED) is 0.788. The maximum absolute atomic E-state index is 13.7. The molecule has 1 amide bonds. The van der Waals surface area contributed by atoms with E-state index in [1.54, 1.807) is 31.4 Å².